The van der Waals surface area contributed by atoms with Crippen LogP contribution in [0.25, 0.3) is 0 Å². The monoisotopic (exact) mass is 490 g/mol. The van der Waals surface area contributed by atoms with Gasteiger partial charge in [0.05, 0.1) is 28.1 Å². The number of rotatable bonds is 9. The number of carbonyl (C=O) groups excluding carboxylic acids is 2. The number of nitrogens with zero attached hydrogens (tertiary/aromatic N) is 2. The van der Waals surface area contributed by atoms with Crippen LogP contribution in [0.3, 0.4) is 0 Å². The molecule has 2 amide bonds. The standard InChI is InChI=1S/C25H31ClN2O6/c1-4-12-27(19-15(2)8-7-9-16(19)26)22(31)20-25-11-10-24(3,34-25)18(23(32)33)17(25)21(30)28(20)13-5-6-14-29/h4,7-9,17-18,20,29H,1,5-6,10-14H2,2-3H3,(H,32,33)/t17-,18-,20?,24+,25?/m0/s1. The zero-order chi connectivity index (χ0) is 24.8. The minimum Gasteiger partial charge on any atom is -0.481 e. The summed E-state index contributed by atoms with van der Waals surface area (Å²) >= 11 is 6.51. The van der Waals surface area contributed by atoms with Gasteiger partial charge in [0.1, 0.15) is 11.6 Å². The van der Waals surface area contributed by atoms with Crippen LogP contribution < -0.4 is 4.90 Å². The predicted octanol–water partition coefficient (Wildman–Crippen LogP) is 2.79. The molecule has 2 bridgehead atoms. The van der Waals surface area contributed by atoms with Crippen LogP contribution in [0.5, 0.6) is 0 Å². The molecule has 0 radical (unpaired) electrons. The van der Waals surface area contributed by atoms with Gasteiger partial charge < -0.3 is 24.7 Å². The normalized spacial score (nSPS) is 31.6. The number of carboxylic acids is 1. The first-order valence-corrected chi connectivity index (χ1v) is 12.0. The van der Waals surface area contributed by atoms with E-state index in [9.17, 15) is 24.6 Å². The topological polar surface area (TPSA) is 107 Å². The zero-order valence-corrected chi connectivity index (χ0v) is 20.3. The molecule has 8 nitrogen and oxygen atoms in total. The highest BCUT2D eigenvalue weighted by molar-refractivity contribution is 6.34. The first kappa shape index (κ1) is 24.7. The average molecular weight is 491 g/mol. The summed E-state index contributed by atoms with van der Waals surface area (Å²) in [6.07, 6.45) is 3.41. The molecule has 1 spiro atoms. The Morgan fingerprint density at radius 1 is 1.35 bits per heavy atom. The molecule has 184 valence electrons. The summed E-state index contributed by atoms with van der Waals surface area (Å²) in [6, 6.07) is 4.35. The largest absolute Gasteiger partial charge is 0.481 e. The van der Waals surface area contributed by atoms with Gasteiger partial charge in [-0.2, -0.15) is 0 Å². The fraction of sp³-hybridized carbons (Fsp3) is 0.560. The molecule has 0 aromatic heterocycles. The number of para-hydroxylation sites is 1. The molecule has 3 aliphatic heterocycles. The zero-order valence-electron chi connectivity index (χ0n) is 19.5. The Labute approximate surface area is 204 Å². The molecule has 9 heteroatoms. The fourth-order valence-corrected chi connectivity index (χ4v) is 6.57. The van der Waals surface area contributed by atoms with E-state index in [1.54, 1.807) is 25.1 Å². The number of benzene rings is 1. The van der Waals surface area contributed by atoms with Crippen LogP contribution in [-0.4, -0.2) is 69.8 Å². The first-order chi connectivity index (χ1) is 16.1. The number of aliphatic hydroxyl groups is 1. The number of aliphatic hydroxyl groups excluding tert-OH is 1. The quantitative estimate of drug-likeness (QED) is 0.407. The molecule has 2 N–H and O–H groups in total. The second-order valence-corrected chi connectivity index (χ2v) is 10.1. The van der Waals surface area contributed by atoms with E-state index in [1.807, 2.05) is 13.0 Å². The number of fused-ring (bicyclic) bond motifs is 1. The number of halogens is 1. The Hall–Kier alpha value is -2.42. The summed E-state index contributed by atoms with van der Waals surface area (Å²) in [5.41, 5.74) is -0.907. The Balaban J connectivity index is 1.82. The molecular weight excluding hydrogens is 460 g/mol. The second-order valence-electron chi connectivity index (χ2n) is 9.67. The van der Waals surface area contributed by atoms with Crippen molar-refractivity contribution in [2.45, 2.75) is 56.8 Å². The van der Waals surface area contributed by atoms with Gasteiger partial charge in [0, 0.05) is 19.7 Å². The Kier molecular flexibility index (Phi) is 6.52. The van der Waals surface area contributed by atoms with E-state index < -0.39 is 35.0 Å². The van der Waals surface area contributed by atoms with Crippen LogP contribution in [0.2, 0.25) is 5.02 Å². The Morgan fingerprint density at radius 3 is 2.71 bits per heavy atom. The molecule has 0 saturated carbocycles. The van der Waals surface area contributed by atoms with Crippen molar-refractivity contribution in [2.75, 3.05) is 24.6 Å². The molecule has 0 aliphatic carbocycles. The van der Waals surface area contributed by atoms with Crippen LogP contribution in [0.15, 0.2) is 30.9 Å². The van der Waals surface area contributed by atoms with E-state index in [2.05, 4.69) is 6.58 Å². The molecule has 4 rings (SSSR count). The van der Waals surface area contributed by atoms with Crippen LogP contribution in [0, 0.1) is 18.8 Å². The lowest BCUT2D eigenvalue weighted by atomic mass is 9.66. The van der Waals surface area contributed by atoms with Gasteiger partial charge in [0.2, 0.25) is 5.91 Å². The van der Waals surface area contributed by atoms with Crippen LogP contribution in [0.1, 0.15) is 38.2 Å². The molecular formula is C25H31ClN2O6. The number of aliphatic carboxylic acids is 1. The maximum atomic E-state index is 14.3. The third-order valence-electron chi connectivity index (χ3n) is 7.62. The highest BCUT2D eigenvalue weighted by Gasteiger charge is 2.78. The number of amides is 2. The lowest BCUT2D eigenvalue weighted by Crippen LogP contribution is -2.56. The van der Waals surface area contributed by atoms with Gasteiger partial charge in [-0.05, 0) is 51.2 Å². The summed E-state index contributed by atoms with van der Waals surface area (Å²) in [5.74, 6) is -3.80. The van der Waals surface area contributed by atoms with Crippen molar-refractivity contribution in [1.82, 2.24) is 4.90 Å². The molecule has 3 saturated heterocycles. The molecule has 2 unspecified atom stereocenters. The van der Waals surface area contributed by atoms with Gasteiger partial charge in [0.15, 0.2) is 0 Å². The van der Waals surface area contributed by atoms with E-state index in [1.165, 1.54) is 9.80 Å². The van der Waals surface area contributed by atoms with E-state index in [4.69, 9.17) is 16.3 Å². The SMILES string of the molecule is C=CCN(C(=O)C1N(CCCCO)C(=O)[C@@H]2[C@@H](C(=O)O)[C@@]3(C)CCC12O3)c1c(C)cccc1Cl. The number of likely N-dealkylation sites (tertiary alicyclic amines) is 1. The Morgan fingerprint density at radius 2 is 2.09 bits per heavy atom. The Bertz CT molecular complexity index is 1010. The van der Waals surface area contributed by atoms with Crippen molar-refractivity contribution in [3.8, 4) is 0 Å². The van der Waals surface area contributed by atoms with Crippen molar-refractivity contribution in [1.29, 1.82) is 0 Å². The number of hydrogen-bond donors (Lipinski definition) is 2. The molecule has 5 atom stereocenters. The van der Waals surface area contributed by atoms with E-state index in [0.717, 1.165) is 5.56 Å². The van der Waals surface area contributed by atoms with Crippen molar-refractivity contribution in [2.24, 2.45) is 11.8 Å². The molecule has 1 aromatic carbocycles. The molecule has 3 aliphatic rings. The van der Waals surface area contributed by atoms with Gasteiger partial charge >= 0.3 is 5.97 Å². The maximum Gasteiger partial charge on any atom is 0.310 e. The third kappa shape index (κ3) is 3.54. The predicted molar refractivity (Wildman–Crippen MR) is 127 cm³/mol. The molecule has 3 heterocycles. The van der Waals surface area contributed by atoms with Gasteiger partial charge in [0.25, 0.3) is 5.91 Å². The van der Waals surface area contributed by atoms with Gasteiger partial charge in [-0.15, -0.1) is 6.58 Å². The van der Waals surface area contributed by atoms with Gasteiger partial charge in [-0.3, -0.25) is 14.4 Å². The summed E-state index contributed by atoms with van der Waals surface area (Å²) < 4.78 is 6.41. The molecule has 34 heavy (non-hydrogen) atoms. The van der Waals surface area contributed by atoms with Crippen molar-refractivity contribution in [3.63, 3.8) is 0 Å². The number of anilines is 1. The van der Waals surface area contributed by atoms with Crippen molar-refractivity contribution < 1.29 is 29.3 Å². The van der Waals surface area contributed by atoms with E-state index in [-0.39, 0.29) is 31.5 Å². The highest BCUT2D eigenvalue weighted by Crippen LogP contribution is 2.63. The third-order valence-corrected chi connectivity index (χ3v) is 7.92. The molecule has 3 fully saturated rings. The summed E-state index contributed by atoms with van der Waals surface area (Å²) in [5, 5.41) is 19.7. The summed E-state index contributed by atoms with van der Waals surface area (Å²) in [6.45, 7) is 7.72. The number of carboxylic acid groups (broad SMARTS) is 1. The minimum absolute atomic E-state index is 0.0387. The number of aryl methyl sites for hydroxylation is 1. The van der Waals surface area contributed by atoms with Crippen LogP contribution in [-0.2, 0) is 19.1 Å². The van der Waals surface area contributed by atoms with Crippen LogP contribution in [0.4, 0.5) is 5.69 Å². The van der Waals surface area contributed by atoms with Gasteiger partial charge in [-0.1, -0.05) is 29.8 Å². The maximum absolute atomic E-state index is 14.3. The van der Waals surface area contributed by atoms with Crippen molar-refractivity contribution >= 4 is 35.1 Å². The minimum atomic E-state index is -1.22. The van der Waals surface area contributed by atoms with Crippen LogP contribution >= 0.6 is 11.6 Å². The fourth-order valence-electron chi connectivity index (χ4n) is 6.25. The number of unbranched alkanes of at least 4 members (excludes halogenated alkanes) is 1. The smallest absolute Gasteiger partial charge is 0.310 e. The van der Waals surface area contributed by atoms with Gasteiger partial charge in [-0.25, -0.2) is 0 Å². The highest BCUT2D eigenvalue weighted by atomic mass is 35.5. The number of ether oxygens (including phenoxy) is 1. The van der Waals surface area contributed by atoms with E-state index >= 15 is 0 Å². The number of carbonyl (C=O) groups is 3. The van der Waals surface area contributed by atoms with E-state index in [0.29, 0.717) is 36.4 Å². The van der Waals surface area contributed by atoms with Crippen molar-refractivity contribution in [3.05, 3.63) is 41.4 Å². The average Bonchev–Trinajstić information content (AvgIpc) is 3.34. The molecule has 1 aromatic rings. The summed E-state index contributed by atoms with van der Waals surface area (Å²) in [7, 11) is 0. The second kappa shape index (κ2) is 8.98. The first-order valence-electron chi connectivity index (χ1n) is 11.6. The lowest BCUT2D eigenvalue weighted by Gasteiger charge is -2.37. The summed E-state index contributed by atoms with van der Waals surface area (Å²) in [4.78, 5) is 43.2. The lowest BCUT2D eigenvalue weighted by molar-refractivity contribution is -0.154. The number of hydrogen-bond acceptors (Lipinski definition) is 5.